The zero-order valence-corrected chi connectivity index (χ0v) is 8.18. The highest BCUT2D eigenvalue weighted by Gasteiger charge is 2.22. The maximum absolute atomic E-state index is 12.8. The van der Waals surface area contributed by atoms with Crippen LogP contribution in [0.5, 0.6) is 0 Å². The van der Waals surface area contributed by atoms with E-state index < -0.39 is 0 Å². The fourth-order valence-electron chi connectivity index (χ4n) is 1.28. The zero-order chi connectivity index (χ0) is 8.72. The molecule has 12 heavy (non-hydrogen) atoms. The van der Waals surface area contributed by atoms with Crippen LogP contribution in [0.25, 0.3) is 0 Å². The van der Waals surface area contributed by atoms with Crippen LogP contribution in [0, 0.1) is 9.39 Å². The number of hydrogen-bond donors (Lipinski definition) is 1. The second kappa shape index (κ2) is 2.69. The van der Waals surface area contributed by atoms with Gasteiger partial charge in [-0.15, -0.1) is 0 Å². The van der Waals surface area contributed by atoms with Crippen molar-refractivity contribution in [3.63, 3.8) is 0 Å². The van der Waals surface area contributed by atoms with Crippen LogP contribution in [0.15, 0.2) is 12.1 Å². The number of rotatable bonds is 0. The third-order valence-electron chi connectivity index (χ3n) is 1.80. The van der Waals surface area contributed by atoms with Gasteiger partial charge in [0.1, 0.15) is 5.82 Å². The van der Waals surface area contributed by atoms with Gasteiger partial charge in [-0.3, -0.25) is 4.79 Å². The number of hydrogen-bond acceptors (Lipinski definition) is 1. The van der Waals surface area contributed by atoms with Crippen LogP contribution in [0.4, 0.5) is 4.39 Å². The summed E-state index contributed by atoms with van der Waals surface area (Å²) in [4.78, 5) is 11.2. The predicted molar refractivity (Wildman–Crippen MR) is 50.3 cm³/mol. The maximum atomic E-state index is 12.8. The summed E-state index contributed by atoms with van der Waals surface area (Å²) >= 11 is 1.97. The monoisotopic (exact) mass is 277 g/mol. The minimum absolute atomic E-state index is 0.102. The lowest BCUT2D eigenvalue weighted by atomic mass is 10.1. The Labute approximate surface area is 82.3 Å². The smallest absolute Gasteiger partial charge is 0.252 e. The lowest BCUT2D eigenvalue weighted by Crippen LogP contribution is -2.13. The van der Waals surface area contributed by atoms with Crippen molar-refractivity contribution >= 4 is 28.5 Å². The van der Waals surface area contributed by atoms with Crippen molar-refractivity contribution in [2.75, 3.05) is 0 Å². The molecule has 1 amide bonds. The van der Waals surface area contributed by atoms with Gasteiger partial charge >= 0.3 is 0 Å². The van der Waals surface area contributed by atoms with Crippen molar-refractivity contribution in [3.8, 4) is 0 Å². The molecule has 1 heterocycles. The summed E-state index contributed by atoms with van der Waals surface area (Å²) < 4.78 is 13.5. The topological polar surface area (TPSA) is 29.1 Å². The fourth-order valence-corrected chi connectivity index (χ4v) is 2.17. The quantitative estimate of drug-likeness (QED) is 0.718. The Morgan fingerprint density at radius 3 is 3.00 bits per heavy atom. The minimum atomic E-state index is -0.283. The van der Waals surface area contributed by atoms with E-state index in [1.807, 2.05) is 22.6 Å². The maximum Gasteiger partial charge on any atom is 0.252 e. The summed E-state index contributed by atoms with van der Waals surface area (Å²) in [6.45, 7) is 0.446. The van der Waals surface area contributed by atoms with Gasteiger partial charge in [-0.05, 0) is 40.3 Å². The van der Waals surface area contributed by atoms with Crippen molar-refractivity contribution < 1.29 is 9.18 Å². The van der Waals surface area contributed by atoms with E-state index in [0.717, 1.165) is 5.56 Å². The summed E-state index contributed by atoms with van der Waals surface area (Å²) in [5, 5.41) is 2.64. The number of benzene rings is 1. The molecular weight excluding hydrogens is 272 g/mol. The first kappa shape index (κ1) is 7.97. The second-order valence-electron chi connectivity index (χ2n) is 2.60. The van der Waals surface area contributed by atoms with Gasteiger partial charge in [0.05, 0.1) is 5.56 Å². The first-order valence-electron chi connectivity index (χ1n) is 3.44. The Hall–Kier alpha value is -0.650. The average Bonchev–Trinajstić information content (AvgIpc) is 2.31. The predicted octanol–water partition coefficient (Wildman–Crippen LogP) is 1.67. The fraction of sp³-hybridized carbons (Fsp3) is 0.125. The number of nitrogens with one attached hydrogen (secondary N) is 1. The molecule has 4 heteroatoms. The summed E-state index contributed by atoms with van der Waals surface area (Å²) in [6, 6.07) is 2.76. The Kier molecular flexibility index (Phi) is 1.79. The minimum Gasteiger partial charge on any atom is -0.348 e. The number of carbonyl (C=O) groups is 1. The first-order valence-corrected chi connectivity index (χ1v) is 4.52. The highest BCUT2D eigenvalue weighted by Crippen LogP contribution is 2.22. The summed E-state index contributed by atoms with van der Waals surface area (Å²) in [6.07, 6.45) is 0. The zero-order valence-electron chi connectivity index (χ0n) is 6.03. The lowest BCUT2D eigenvalue weighted by Gasteiger charge is -1.98. The van der Waals surface area contributed by atoms with Gasteiger partial charge in [-0.2, -0.15) is 0 Å². The number of fused-ring (bicyclic) bond motifs is 1. The van der Waals surface area contributed by atoms with Crippen LogP contribution in [0.1, 0.15) is 15.9 Å². The molecule has 62 valence electrons. The van der Waals surface area contributed by atoms with Crippen molar-refractivity contribution in [3.05, 3.63) is 32.6 Å². The van der Waals surface area contributed by atoms with E-state index in [1.165, 1.54) is 12.1 Å². The van der Waals surface area contributed by atoms with Gasteiger partial charge in [0, 0.05) is 10.1 Å². The Morgan fingerprint density at radius 2 is 2.25 bits per heavy atom. The van der Waals surface area contributed by atoms with E-state index in [2.05, 4.69) is 5.32 Å². The molecule has 2 nitrogen and oxygen atoms in total. The third kappa shape index (κ3) is 1.10. The van der Waals surface area contributed by atoms with E-state index in [4.69, 9.17) is 0 Å². The Morgan fingerprint density at radius 1 is 1.50 bits per heavy atom. The molecule has 0 atom stereocenters. The molecule has 0 fully saturated rings. The van der Waals surface area contributed by atoms with Gasteiger partial charge in [-0.25, -0.2) is 4.39 Å². The summed E-state index contributed by atoms with van der Waals surface area (Å²) in [5.41, 5.74) is 1.38. The van der Waals surface area contributed by atoms with E-state index in [9.17, 15) is 9.18 Å². The van der Waals surface area contributed by atoms with Gasteiger partial charge < -0.3 is 5.32 Å². The van der Waals surface area contributed by atoms with Gasteiger partial charge in [0.25, 0.3) is 5.91 Å². The van der Waals surface area contributed by atoms with Gasteiger partial charge in [0.15, 0.2) is 0 Å². The molecule has 0 saturated heterocycles. The van der Waals surface area contributed by atoms with E-state index in [0.29, 0.717) is 15.7 Å². The number of amides is 1. The van der Waals surface area contributed by atoms with Crippen LogP contribution in [-0.2, 0) is 6.54 Å². The molecule has 1 N–H and O–H groups in total. The molecule has 0 bridgehead atoms. The van der Waals surface area contributed by atoms with Crippen LogP contribution >= 0.6 is 22.6 Å². The van der Waals surface area contributed by atoms with Crippen molar-refractivity contribution in [1.82, 2.24) is 5.32 Å². The standard InChI is InChI=1S/C8H5FINO/c9-5-1-4-3-11-8(12)7(4)6(10)2-5/h1-2H,3H2,(H,11,12). The lowest BCUT2D eigenvalue weighted by molar-refractivity contribution is 0.0965. The first-order chi connectivity index (χ1) is 5.68. The highest BCUT2D eigenvalue weighted by atomic mass is 127. The molecule has 0 unspecified atom stereocenters. The SMILES string of the molecule is O=C1NCc2cc(F)cc(I)c21. The van der Waals surface area contributed by atoms with Crippen molar-refractivity contribution in [2.24, 2.45) is 0 Å². The second-order valence-corrected chi connectivity index (χ2v) is 3.77. The molecular formula is C8H5FINO. The molecule has 0 aromatic heterocycles. The van der Waals surface area contributed by atoms with Crippen LogP contribution in [-0.4, -0.2) is 5.91 Å². The van der Waals surface area contributed by atoms with Crippen LogP contribution in [0.2, 0.25) is 0 Å². The average molecular weight is 277 g/mol. The number of carbonyl (C=O) groups excluding carboxylic acids is 1. The Bertz CT molecular complexity index is 364. The molecule has 0 spiro atoms. The molecule has 0 aliphatic carbocycles. The largest absolute Gasteiger partial charge is 0.348 e. The van der Waals surface area contributed by atoms with Crippen molar-refractivity contribution in [1.29, 1.82) is 0 Å². The third-order valence-corrected chi connectivity index (χ3v) is 2.65. The van der Waals surface area contributed by atoms with E-state index in [1.54, 1.807) is 0 Å². The molecule has 0 saturated carbocycles. The van der Waals surface area contributed by atoms with Crippen molar-refractivity contribution in [2.45, 2.75) is 6.54 Å². The number of halogens is 2. The van der Waals surface area contributed by atoms with E-state index in [-0.39, 0.29) is 11.7 Å². The van der Waals surface area contributed by atoms with Gasteiger partial charge in [0.2, 0.25) is 0 Å². The highest BCUT2D eigenvalue weighted by molar-refractivity contribution is 14.1. The van der Waals surface area contributed by atoms with Crippen LogP contribution in [0.3, 0.4) is 0 Å². The molecule has 0 radical (unpaired) electrons. The normalized spacial score (nSPS) is 14.3. The molecule has 1 aliphatic heterocycles. The van der Waals surface area contributed by atoms with E-state index >= 15 is 0 Å². The van der Waals surface area contributed by atoms with Gasteiger partial charge in [-0.1, -0.05) is 0 Å². The summed E-state index contributed by atoms with van der Waals surface area (Å²) in [5.74, 6) is -0.385. The Balaban J connectivity index is 2.68. The summed E-state index contributed by atoms with van der Waals surface area (Å²) in [7, 11) is 0. The molecule has 1 aromatic carbocycles. The van der Waals surface area contributed by atoms with Crippen LogP contribution < -0.4 is 5.32 Å². The molecule has 1 aliphatic rings. The molecule has 1 aromatic rings. The molecule has 2 rings (SSSR count).